The van der Waals surface area contributed by atoms with E-state index in [1.807, 2.05) is 0 Å². The molecule has 0 unspecified atom stereocenters. The Labute approximate surface area is 74.9 Å². The van der Waals surface area contributed by atoms with Crippen LogP contribution in [0.25, 0.3) is 5.65 Å². The first-order chi connectivity index (χ1) is 6.07. The summed E-state index contributed by atoms with van der Waals surface area (Å²) < 4.78 is 23.5. The molecular formula is C7H7N3O2S. The maximum atomic E-state index is 10.9. The van der Waals surface area contributed by atoms with Crippen LogP contribution in [0.3, 0.4) is 0 Å². The Kier molecular flexibility index (Phi) is 1.61. The summed E-state index contributed by atoms with van der Waals surface area (Å²) in [6.45, 7) is 0. The normalized spacial score (nSPS) is 12.1. The van der Waals surface area contributed by atoms with Crippen molar-refractivity contribution in [3.05, 3.63) is 30.7 Å². The molecule has 0 aliphatic carbocycles. The van der Waals surface area contributed by atoms with Gasteiger partial charge in [0, 0.05) is 18.6 Å². The van der Waals surface area contributed by atoms with Crippen molar-refractivity contribution in [3.63, 3.8) is 0 Å². The van der Waals surface area contributed by atoms with Crippen LogP contribution in [0.2, 0.25) is 0 Å². The first-order valence-electron chi connectivity index (χ1n) is 3.53. The van der Waals surface area contributed by atoms with Crippen molar-refractivity contribution >= 4 is 15.7 Å². The van der Waals surface area contributed by atoms with Gasteiger partial charge in [-0.2, -0.15) is 0 Å². The summed E-state index contributed by atoms with van der Waals surface area (Å²) in [7, 11) is -3.62. The molecule has 0 radical (unpaired) electrons. The zero-order valence-corrected chi connectivity index (χ0v) is 7.40. The zero-order valence-electron chi connectivity index (χ0n) is 6.58. The van der Waals surface area contributed by atoms with Gasteiger partial charge in [0.25, 0.3) is 0 Å². The van der Waals surface area contributed by atoms with E-state index in [2.05, 4.69) is 4.98 Å². The molecular weight excluding hydrogens is 190 g/mol. The third-order valence-electron chi connectivity index (χ3n) is 1.69. The Bertz CT molecular complexity index is 544. The van der Waals surface area contributed by atoms with E-state index >= 15 is 0 Å². The molecule has 0 amide bonds. The molecule has 6 heteroatoms. The van der Waals surface area contributed by atoms with E-state index in [0.29, 0.717) is 5.65 Å². The van der Waals surface area contributed by atoms with Crippen LogP contribution in [0.1, 0.15) is 0 Å². The van der Waals surface area contributed by atoms with Gasteiger partial charge in [0.2, 0.25) is 10.0 Å². The average molecular weight is 197 g/mol. The molecule has 0 fully saturated rings. The van der Waals surface area contributed by atoms with Crippen LogP contribution >= 0.6 is 0 Å². The smallest absolute Gasteiger partial charge is 0.239 e. The van der Waals surface area contributed by atoms with Crippen molar-refractivity contribution in [2.45, 2.75) is 4.90 Å². The van der Waals surface area contributed by atoms with Crippen LogP contribution in [0.5, 0.6) is 0 Å². The average Bonchev–Trinajstić information content (AvgIpc) is 2.47. The SMILES string of the molecule is NS(=O)(=O)c1ccc2nccn2c1. The molecule has 5 nitrogen and oxygen atoms in total. The Morgan fingerprint density at radius 3 is 2.85 bits per heavy atom. The molecule has 0 saturated heterocycles. The van der Waals surface area contributed by atoms with Crippen molar-refractivity contribution in [2.75, 3.05) is 0 Å². The minimum atomic E-state index is -3.62. The molecule has 68 valence electrons. The summed E-state index contributed by atoms with van der Waals surface area (Å²) in [6.07, 6.45) is 4.67. The van der Waals surface area contributed by atoms with Crippen molar-refractivity contribution in [1.82, 2.24) is 9.38 Å². The van der Waals surface area contributed by atoms with Gasteiger partial charge in [0.15, 0.2) is 0 Å². The van der Waals surface area contributed by atoms with Gasteiger partial charge in [-0.25, -0.2) is 18.5 Å². The largest absolute Gasteiger partial charge is 0.306 e. The number of primary sulfonamides is 1. The first kappa shape index (κ1) is 8.21. The second-order valence-electron chi connectivity index (χ2n) is 2.60. The standard InChI is InChI=1S/C7H7N3O2S/c8-13(11,12)6-1-2-7-9-3-4-10(7)5-6/h1-5H,(H2,8,11,12). The van der Waals surface area contributed by atoms with Gasteiger partial charge in [-0.05, 0) is 12.1 Å². The van der Waals surface area contributed by atoms with Crippen molar-refractivity contribution in [2.24, 2.45) is 5.14 Å². The van der Waals surface area contributed by atoms with Crippen LogP contribution in [-0.4, -0.2) is 17.8 Å². The molecule has 0 aliphatic rings. The number of aromatic nitrogens is 2. The van der Waals surface area contributed by atoms with Crippen LogP contribution in [-0.2, 0) is 10.0 Å². The van der Waals surface area contributed by atoms with E-state index in [1.165, 1.54) is 12.3 Å². The van der Waals surface area contributed by atoms with Gasteiger partial charge in [0.05, 0.1) is 4.90 Å². The molecule has 2 rings (SSSR count). The van der Waals surface area contributed by atoms with Gasteiger partial charge in [0.1, 0.15) is 5.65 Å². The minimum absolute atomic E-state index is 0.0815. The summed E-state index contributed by atoms with van der Waals surface area (Å²) in [6, 6.07) is 3.03. The first-order valence-corrected chi connectivity index (χ1v) is 5.07. The fourth-order valence-electron chi connectivity index (χ4n) is 1.07. The third kappa shape index (κ3) is 1.41. The van der Waals surface area contributed by atoms with Crippen LogP contribution in [0, 0.1) is 0 Å². The van der Waals surface area contributed by atoms with Crippen LogP contribution in [0.4, 0.5) is 0 Å². The van der Waals surface area contributed by atoms with E-state index in [4.69, 9.17) is 5.14 Å². The Morgan fingerprint density at radius 1 is 1.38 bits per heavy atom. The highest BCUT2D eigenvalue weighted by molar-refractivity contribution is 7.89. The Morgan fingerprint density at radius 2 is 2.15 bits per heavy atom. The van der Waals surface area contributed by atoms with Crippen LogP contribution in [0.15, 0.2) is 35.6 Å². The highest BCUT2D eigenvalue weighted by Crippen LogP contribution is 2.08. The molecule has 13 heavy (non-hydrogen) atoms. The highest BCUT2D eigenvalue weighted by Gasteiger charge is 2.07. The number of rotatable bonds is 1. The predicted octanol–water partition coefficient (Wildman–Crippen LogP) is -0.0183. The monoisotopic (exact) mass is 197 g/mol. The fourth-order valence-corrected chi connectivity index (χ4v) is 1.59. The lowest BCUT2D eigenvalue weighted by molar-refractivity contribution is 0.597. The van der Waals surface area contributed by atoms with E-state index < -0.39 is 10.0 Å². The Hall–Kier alpha value is -1.40. The summed E-state index contributed by atoms with van der Waals surface area (Å²) in [5.74, 6) is 0. The molecule has 2 aromatic rings. The summed E-state index contributed by atoms with van der Waals surface area (Å²) >= 11 is 0. The molecule has 0 atom stereocenters. The zero-order chi connectivity index (χ0) is 9.47. The number of hydrogen-bond donors (Lipinski definition) is 1. The topological polar surface area (TPSA) is 77.5 Å². The molecule has 0 aliphatic heterocycles. The van der Waals surface area contributed by atoms with Crippen molar-refractivity contribution in [1.29, 1.82) is 0 Å². The summed E-state index contributed by atoms with van der Waals surface area (Å²) in [5, 5.41) is 4.96. The maximum Gasteiger partial charge on any atom is 0.239 e. The lowest BCUT2D eigenvalue weighted by atomic mass is 10.5. The Balaban J connectivity index is 2.75. The highest BCUT2D eigenvalue weighted by atomic mass is 32.2. The van der Waals surface area contributed by atoms with Gasteiger partial charge in [-0.1, -0.05) is 0 Å². The number of sulfonamides is 1. The minimum Gasteiger partial charge on any atom is -0.306 e. The van der Waals surface area contributed by atoms with Crippen LogP contribution < -0.4 is 5.14 Å². The van der Waals surface area contributed by atoms with Gasteiger partial charge >= 0.3 is 0 Å². The number of fused-ring (bicyclic) bond motifs is 1. The van der Waals surface area contributed by atoms with Crippen molar-refractivity contribution in [3.8, 4) is 0 Å². The van der Waals surface area contributed by atoms with E-state index in [0.717, 1.165) is 0 Å². The van der Waals surface area contributed by atoms with Gasteiger partial charge < -0.3 is 4.40 Å². The number of hydrogen-bond acceptors (Lipinski definition) is 3. The number of pyridine rings is 1. The lowest BCUT2D eigenvalue weighted by Crippen LogP contribution is -2.12. The van der Waals surface area contributed by atoms with Crippen molar-refractivity contribution < 1.29 is 8.42 Å². The number of imidazole rings is 1. The number of nitrogens with two attached hydrogens (primary N) is 1. The maximum absolute atomic E-state index is 10.9. The molecule has 0 saturated carbocycles. The molecule has 2 aromatic heterocycles. The quantitative estimate of drug-likeness (QED) is 0.698. The molecule has 0 aromatic carbocycles. The fraction of sp³-hybridized carbons (Fsp3) is 0. The summed E-state index contributed by atoms with van der Waals surface area (Å²) in [5.41, 5.74) is 0.687. The summed E-state index contributed by atoms with van der Waals surface area (Å²) in [4.78, 5) is 4.05. The molecule has 0 bridgehead atoms. The molecule has 2 heterocycles. The van der Waals surface area contributed by atoms with E-state index in [1.54, 1.807) is 22.9 Å². The van der Waals surface area contributed by atoms with Gasteiger partial charge in [-0.3, -0.25) is 0 Å². The second-order valence-corrected chi connectivity index (χ2v) is 4.16. The lowest BCUT2D eigenvalue weighted by Gasteiger charge is -1.98. The molecule has 0 spiro atoms. The predicted molar refractivity (Wildman–Crippen MR) is 46.6 cm³/mol. The van der Waals surface area contributed by atoms with E-state index in [9.17, 15) is 8.42 Å². The number of nitrogens with zero attached hydrogens (tertiary/aromatic N) is 2. The van der Waals surface area contributed by atoms with E-state index in [-0.39, 0.29) is 4.90 Å². The third-order valence-corrected chi connectivity index (χ3v) is 2.59. The van der Waals surface area contributed by atoms with Gasteiger partial charge in [-0.15, -0.1) is 0 Å². The second kappa shape index (κ2) is 2.54. The molecule has 2 N–H and O–H groups in total.